The highest BCUT2D eigenvalue weighted by atomic mass is 79.9. The van der Waals surface area contributed by atoms with Gasteiger partial charge in [-0.1, -0.05) is 51.4 Å². The molecule has 2 N–H and O–H groups in total. The molecule has 0 aliphatic carbocycles. The Morgan fingerprint density at radius 3 is 2.49 bits per heavy atom. The number of nitriles is 1. The molecule has 182 valence electrons. The van der Waals surface area contributed by atoms with E-state index in [0.29, 0.717) is 38.1 Å². The standard InChI is InChI=1S/C25H23BrClN3O4S/c1-15-22(25(32)34-12-11-33-2)23(16-3-7-18(27)8-4-16)20(13-28)24(29-15)35-14-21(31)30-19-9-5-17(26)6-10-19/h3-10,23,29H,11-12,14H2,1-2H3,(H,30,31)/t23-/m0/s1. The monoisotopic (exact) mass is 575 g/mol. The van der Waals surface area contributed by atoms with Gasteiger partial charge in [0.1, 0.15) is 6.61 Å². The van der Waals surface area contributed by atoms with Crippen molar-refractivity contribution in [1.82, 2.24) is 5.32 Å². The lowest BCUT2D eigenvalue weighted by Crippen LogP contribution is -2.29. The Kier molecular flexibility index (Phi) is 9.81. The van der Waals surface area contributed by atoms with Crippen LogP contribution in [0.5, 0.6) is 0 Å². The van der Waals surface area contributed by atoms with Crippen molar-refractivity contribution in [2.24, 2.45) is 0 Å². The average Bonchev–Trinajstić information content (AvgIpc) is 2.84. The van der Waals surface area contributed by atoms with Crippen molar-refractivity contribution < 1.29 is 19.1 Å². The predicted octanol–water partition coefficient (Wildman–Crippen LogP) is 5.36. The van der Waals surface area contributed by atoms with Crippen LogP contribution in [0.2, 0.25) is 5.02 Å². The molecule has 1 atom stereocenters. The summed E-state index contributed by atoms with van der Waals surface area (Å²) in [5.41, 5.74) is 2.56. The molecule has 0 radical (unpaired) electrons. The van der Waals surface area contributed by atoms with E-state index in [1.165, 1.54) is 18.9 Å². The zero-order valence-corrected chi connectivity index (χ0v) is 22.2. The quantitative estimate of drug-likeness (QED) is 0.306. The first-order chi connectivity index (χ1) is 16.8. The molecule has 10 heteroatoms. The van der Waals surface area contributed by atoms with Crippen LogP contribution in [-0.4, -0.2) is 38.0 Å². The van der Waals surface area contributed by atoms with Crippen LogP contribution in [0.3, 0.4) is 0 Å². The lowest BCUT2D eigenvalue weighted by molar-refractivity contribution is -0.140. The van der Waals surface area contributed by atoms with Gasteiger partial charge in [-0.05, 0) is 48.9 Å². The summed E-state index contributed by atoms with van der Waals surface area (Å²) in [6.07, 6.45) is 0. The molecule has 2 aromatic rings. The lowest BCUT2D eigenvalue weighted by Gasteiger charge is -2.29. The number of hydrogen-bond acceptors (Lipinski definition) is 7. The predicted molar refractivity (Wildman–Crippen MR) is 141 cm³/mol. The van der Waals surface area contributed by atoms with Crippen LogP contribution in [0.15, 0.2) is 74.9 Å². The van der Waals surface area contributed by atoms with Gasteiger partial charge in [-0.3, -0.25) is 4.79 Å². The molecule has 1 amide bonds. The molecule has 0 spiro atoms. The van der Waals surface area contributed by atoms with Gasteiger partial charge in [-0.15, -0.1) is 0 Å². The van der Waals surface area contributed by atoms with E-state index in [1.807, 2.05) is 12.1 Å². The number of carbonyl (C=O) groups is 2. The fourth-order valence-corrected chi connectivity index (χ4v) is 4.73. The van der Waals surface area contributed by atoms with Crippen LogP contribution in [0.25, 0.3) is 0 Å². The van der Waals surface area contributed by atoms with E-state index in [0.717, 1.165) is 4.47 Å². The number of carbonyl (C=O) groups excluding carboxylic acids is 2. The van der Waals surface area contributed by atoms with Gasteiger partial charge in [0.05, 0.1) is 40.5 Å². The van der Waals surface area contributed by atoms with Crippen LogP contribution in [0.1, 0.15) is 18.4 Å². The fraction of sp³-hybridized carbons (Fsp3) is 0.240. The number of dihydropyridines is 1. The van der Waals surface area contributed by atoms with Crippen LogP contribution >= 0.6 is 39.3 Å². The van der Waals surface area contributed by atoms with Crippen molar-refractivity contribution in [3.63, 3.8) is 0 Å². The molecular weight excluding hydrogens is 554 g/mol. The summed E-state index contributed by atoms with van der Waals surface area (Å²) < 4.78 is 11.2. The number of benzene rings is 2. The number of methoxy groups -OCH3 is 1. The van der Waals surface area contributed by atoms with Gasteiger partial charge in [-0.2, -0.15) is 5.26 Å². The third kappa shape index (κ3) is 7.12. The molecule has 3 rings (SSSR count). The Bertz CT molecular complexity index is 1190. The highest BCUT2D eigenvalue weighted by molar-refractivity contribution is 9.10. The molecule has 1 aliphatic heterocycles. The summed E-state index contributed by atoms with van der Waals surface area (Å²) in [6.45, 7) is 2.09. The summed E-state index contributed by atoms with van der Waals surface area (Å²) in [5, 5.41) is 17.1. The highest BCUT2D eigenvalue weighted by Crippen LogP contribution is 2.41. The van der Waals surface area contributed by atoms with Gasteiger partial charge in [-0.25, -0.2) is 4.79 Å². The van der Waals surface area contributed by atoms with Gasteiger partial charge in [0.15, 0.2) is 0 Å². The van der Waals surface area contributed by atoms with Crippen molar-refractivity contribution in [3.05, 3.63) is 85.5 Å². The summed E-state index contributed by atoms with van der Waals surface area (Å²) in [4.78, 5) is 25.5. The molecule has 2 aromatic carbocycles. The van der Waals surface area contributed by atoms with Crippen LogP contribution in [0, 0.1) is 11.3 Å². The van der Waals surface area contributed by atoms with Gasteiger partial charge < -0.3 is 20.1 Å². The smallest absolute Gasteiger partial charge is 0.336 e. The SMILES string of the molecule is COCCOC(=O)C1=C(C)NC(SCC(=O)Nc2ccc(Br)cc2)=C(C#N)[C@@H]1c1ccc(Cl)cc1. The molecular formula is C25H23BrClN3O4S. The first-order valence-electron chi connectivity index (χ1n) is 10.6. The maximum Gasteiger partial charge on any atom is 0.336 e. The van der Waals surface area contributed by atoms with Crippen molar-refractivity contribution in [1.29, 1.82) is 5.26 Å². The van der Waals surface area contributed by atoms with E-state index in [-0.39, 0.29) is 24.9 Å². The van der Waals surface area contributed by atoms with Crippen LogP contribution < -0.4 is 10.6 Å². The zero-order chi connectivity index (χ0) is 25.4. The normalized spacial score (nSPS) is 15.3. The van der Waals surface area contributed by atoms with E-state index in [2.05, 4.69) is 32.6 Å². The third-order valence-electron chi connectivity index (χ3n) is 5.07. The molecule has 0 saturated carbocycles. The Balaban J connectivity index is 1.86. The summed E-state index contributed by atoms with van der Waals surface area (Å²) in [7, 11) is 1.52. The van der Waals surface area contributed by atoms with Crippen LogP contribution in [-0.2, 0) is 19.1 Å². The number of allylic oxidation sites excluding steroid dienone is 2. The van der Waals surface area contributed by atoms with Crippen molar-refractivity contribution in [3.8, 4) is 6.07 Å². The van der Waals surface area contributed by atoms with E-state index in [4.69, 9.17) is 21.1 Å². The minimum absolute atomic E-state index is 0.0673. The summed E-state index contributed by atoms with van der Waals surface area (Å²) >= 11 is 10.6. The Hall–Kier alpha value is -2.77. The average molecular weight is 577 g/mol. The molecule has 1 heterocycles. The highest BCUT2D eigenvalue weighted by Gasteiger charge is 2.35. The van der Waals surface area contributed by atoms with Gasteiger partial charge in [0.2, 0.25) is 5.91 Å². The summed E-state index contributed by atoms with van der Waals surface area (Å²) in [6, 6.07) is 16.4. The van der Waals surface area contributed by atoms with Crippen molar-refractivity contribution in [2.75, 3.05) is 31.4 Å². The number of nitrogens with one attached hydrogen (secondary N) is 2. The van der Waals surface area contributed by atoms with E-state index < -0.39 is 11.9 Å². The summed E-state index contributed by atoms with van der Waals surface area (Å²) in [5.74, 6) is -1.38. The second kappa shape index (κ2) is 12.8. The zero-order valence-electron chi connectivity index (χ0n) is 19.1. The molecule has 35 heavy (non-hydrogen) atoms. The number of rotatable bonds is 9. The number of halogens is 2. The minimum atomic E-state index is -0.675. The lowest BCUT2D eigenvalue weighted by atomic mass is 9.82. The van der Waals surface area contributed by atoms with Gasteiger partial charge in [0, 0.05) is 28.0 Å². The largest absolute Gasteiger partial charge is 0.460 e. The number of nitrogens with zero attached hydrogens (tertiary/aromatic N) is 1. The molecule has 0 unspecified atom stereocenters. The molecule has 0 fully saturated rings. The number of amides is 1. The molecule has 7 nitrogen and oxygen atoms in total. The van der Waals surface area contributed by atoms with Crippen molar-refractivity contribution in [2.45, 2.75) is 12.8 Å². The van der Waals surface area contributed by atoms with Crippen LogP contribution in [0.4, 0.5) is 5.69 Å². The second-order valence-electron chi connectivity index (χ2n) is 7.48. The third-order valence-corrected chi connectivity index (χ3v) is 6.86. The van der Waals surface area contributed by atoms with E-state index in [1.54, 1.807) is 43.3 Å². The minimum Gasteiger partial charge on any atom is -0.460 e. The number of esters is 1. The van der Waals surface area contributed by atoms with Gasteiger partial charge in [0.25, 0.3) is 0 Å². The van der Waals surface area contributed by atoms with E-state index >= 15 is 0 Å². The molecule has 0 aromatic heterocycles. The maximum atomic E-state index is 13.0. The molecule has 0 saturated heterocycles. The number of thioether (sulfide) groups is 1. The Morgan fingerprint density at radius 2 is 1.86 bits per heavy atom. The Morgan fingerprint density at radius 1 is 1.17 bits per heavy atom. The number of hydrogen-bond donors (Lipinski definition) is 2. The second-order valence-corrected chi connectivity index (χ2v) is 9.81. The molecule has 1 aliphatic rings. The number of ether oxygens (including phenoxy) is 2. The first kappa shape index (κ1) is 26.8. The van der Waals surface area contributed by atoms with E-state index in [9.17, 15) is 14.9 Å². The van der Waals surface area contributed by atoms with Gasteiger partial charge >= 0.3 is 5.97 Å². The fourth-order valence-electron chi connectivity index (χ4n) is 3.45. The van der Waals surface area contributed by atoms with Crippen molar-refractivity contribution >= 4 is 56.9 Å². The topological polar surface area (TPSA) is 100 Å². The Labute approximate surface area is 221 Å². The first-order valence-corrected chi connectivity index (χ1v) is 12.7. The maximum absolute atomic E-state index is 13.0. The molecule has 0 bridgehead atoms. The number of anilines is 1.